The molecule has 0 spiro atoms. The lowest BCUT2D eigenvalue weighted by molar-refractivity contribution is -0.170. The Labute approximate surface area is 173 Å². The summed E-state index contributed by atoms with van der Waals surface area (Å²) in [5, 5.41) is 2.98. The first-order valence-electron chi connectivity index (χ1n) is 9.82. The van der Waals surface area contributed by atoms with E-state index >= 15 is 0 Å². The third kappa shape index (κ3) is 4.19. The molecule has 3 N–H and O–H groups in total. The molecule has 2 aliphatic rings. The molecule has 0 radical (unpaired) electrons. The molecule has 1 saturated heterocycles. The van der Waals surface area contributed by atoms with Crippen LogP contribution in [-0.4, -0.2) is 41.5 Å². The minimum absolute atomic E-state index is 0. The van der Waals surface area contributed by atoms with Gasteiger partial charge in [0, 0.05) is 44.5 Å². The quantitative estimate of drug-likeness (QED) is 0.724. The van der Waals surface area contributed by atoms with Gasteiger partial charge in [0.1, 0.15) is 5.54 Å². The van der Waals surface area contributed by atoms with Crippen LogP contribution >= 0.6 is 12.4 Å². The summed E-state index contributed by atoms with van der Waals surface area (Å²) in [6.07, 6.45) is 2.17. The molecule has 156 valence electrons. The number of rotatable bonds is 7. The van der Waals surface area contributed by atoms with Crippen LogP contribution in [0.1, 0.15) is 51.2 Å². The van der Waals surface area contributed by atoms with E-state index in [4.69, 9.17) is 10.5 Å². The predicted octanol–water partition coefficient (Wildman–Crippen LogP) is 2.38. The van der Waals surface area contributed by atoms with Gasteiger partial charge in [-0.15, -0.1) is 12.4 Å². The molecule has 1 aromatic carbocycles. The lowest BCUT2D eigenvalue weighted by Crippen LogP contribution is -2.75. The predicted molar refractivity (Wildman–Crippen MR) is 111 cm³/mol. The Morgan fingerprint density at radius 3 is 2.46 bits per heavy atom. The van der Waals surface area contributed by atoms with Crippen LogP contribution in [-0.2, 0) is 27.4 Å². The van der Waals surface area contributed by atoms with E-state index in [0.29, 0.717) is 32.5 Å². The number of nitrogens with zero attached hydrogens (tertiary/aromatic N) is 1. The van der Waals surface area contributed by atoms with Crippen LogP contribution in [0.3, 0.4) is 0 Å². The highest BCUT2D eigenvalue weighted by molar-refractivity contribution is 5.88. The van der Waals surface area contributed by atoms with Crippen LogP contribution in [0, 0.1) is 5.41 Å². The van der Waals surface area contributed by atoms with Crippen molar-refractivity contribution in [3.05, 3.63) is 35.4 Å². The zero-order chi connectivity index (χ0) is 19.7. The number of carbonyl (C=O) groups excluding carboxylic acids is 2. The molecule has 2 atom stereocenters. The van der Waals surface area contributed by atoms with Crippen molar-refractivity contribution in [1.82, 2.24) is 10.2 Å². The maximum absolute atomic E-state index is 12.7. The first-order chi connectivity index (χ1) is 12.8. The number of carbonyl (C=O) groups is 2. The molecule has 1 aliphatic heterocycles. The van der Waals surface area contributed by atoms with Crippen molar-refractivity contribution in [2.45, 2.75) is 64.8 Å². The molecule has 0 bridgehead atoms. The molecule has 2 unspecified atom stereocenters. The van der Waals surface area contributed by atoms with Gasteiger partial charge < -0.3 is 20.7 Å². The first kappa shape index (κ1) is 22.7. The van der Waals surface area contributed by atoms with Crippen molar-refractivity contribution in [2.24, 2.45) is 11.1 Å². The van der Waals surface area contributed by atoms with E-state index in [1.807, 2.05) is 49.9 Å². The monoisotopic (exact) mass is 409 g/mol. The number of hydrogen-bond acceptors (Lipinski definition) is 4. The smallest absolute Gasteiger partial charge is 0.241 e. The van der Waals surface area contributed by atoms with Gasteiger partial charge in [-0.05, 0) is 24.5 Å². The molecule has 7 heteroatoms. The van der Waals surface area contributed by atoms with Crippen molar-refractivity contribution in [1.29, 1.82) is 0 Å². The van der Waals surface area contributed by atoms with Crippen molar-refractivity contribution in [3.8, 4) is 0 Å². The fraction of sp³-hybridized carbons (Fsp3) is 0.619. The molecule has 0 aromatic heterocycles. The summed E-state index contributed by atoms with van der Waals surface area (Å²) in [7, 11) is 0. The molecular formula is C21H32ClN3O3. The molecule has 28 heavy (non-hydrogen) atoms. The average Bonchev–Trinajstić information content (AvgIpc) is 3.05. The number of nitrogens with one attached hydrogen (secondary N) is 1. The fourth-order valence-electron chi connectivity index (χ4n) is 4.01. The van der Waals surface area contributed by atoms with E-state index < -0.39 is 5.54 Å². The van der Waals surface area contributed by atoms with E-state index in [2.05, 4.69) is 5.32 Å². The third-order valence-corrected chi connectivity index (χ3v) is 6.26. The Hall–Kier alpha value is -1.63. The number of nitrogens with two attached hydrogens (primary N) is 1. The highest BCUT2D eigenvalue weighted by atomic mass is 35.5. The van der Waals surface area contributed by atoms with Gasteiger partial charge in [-0.25, -0.2) is 0 Å². The summed E-state index contributed by atoms with van der Waals surface area (Å²) in [5.74, 6) is 0.100. The Bertz CT molecular complexity index is 707. The van der Waals surface area contributed by atoms with E-state index in [-0.39, 0.29) is 35.7 Å². The van der Waals surface area contributed by atoms with E-state index in [0.717, 1.165) is 24.1 Å². The highest BCUT2D eigenvalue weighted by Crippen LogP contribution is 2.49. The SMILES string of the molecule is CCOC1CC(N)(C(=O)NCc2ccc(CN3CCCC3=O)cc2)C1(C)C.Cl. The first-order valence-corrected chi connectivity index (χ1v) is 9.82. The van der Waals surface area contributed by atoms with Gasteiger partial charge in [-0.3, -0.25) is 9.59 Å². The Morgan fingerprint density at radius 1 is 1.29 bits per heavy atom. The molecule has 1 saturated carbocycles. The molecule has 1 aromatic rings. The topological polar surface area (TPSA) is 84.7 Å². The van der Waals surface area contributed by atoms with Gasteiger partial charge in [-0.2, -0.15) is 0 Å². The van der Waals surface area contributed by atoms with Gasteiger partial charge in [-0.1, -0.05) is 38.1 Å². The number of hydrogen-bond donors (Lipinski definition) is 2. The average molecular weight is 410 g/mol. The summed E-state index contributed by atoms with van der Waals surface area (Å²) >= 11 is 0. The van der Waals surface area contributed by atoms with Gasteiger partial charge in [0.25, 0.3) is 0 Å². The highest BCUT2D eigenvalue weighted by Gasteiger charge is 2.62. The minimum atomic E-state index is -0.900. The second-order valence-corrected chi connectivity index (χ2v) is 8.26. The molecule has 3 rings (SSSR count). The zero-order valence-corrected chi connectivity index (χ0v) is 17.8. The van der Waals surface area contributed by atoms with Gasteiger partial charge in [0.2, 0.25) is 11.8 Å². The molecule has 2 fully saturated rings. The molecule has 2 amide bonds. The van der Waals surface area contributed by atoms with Gasteiger partial charge in [0.15, 0.2) is 0 Å². The van der Waals surface area contributed by atoms with Crippen LogP contribution in [0.4, 0.5) is 0 Å². The Morgan fingerprint density at radius 2 is 1.93 bits per heavy atom. The van der Waals surface area contributed by atoms with Crippen LogP contribution in [0.25, 0.3) is 0 Å². The summed E-state index contributed by atoms with van der Waals surface area (Å²) in [6.45, 7) is 8.50. The molecular weight excluding hydrogens is 378 g/mol. The van der Waals surface area contributed by atoms with Crippen molar-refractivity contribution in [3.63, 3.8) is 0 Å². The van der Waals surface area contributed by atoms with Crippen molar-refractivity contribution >= 4 is 24.2 Å². The maximum atomic E-state index is 12.7. The van der Waals surface area contributed by atoms with Crippen LogP contribution in [0.2, 0.25) is 0 Å². The molecule has 6 nitrogen and oxygen atoms in total. The van der Waals surface area contributed by atoms with Crippen molar-refractivity contribution in [2.75, 3.05) is 13.2 Å². The Balaban J connectivity index is 0.00000280. The summed E-state index contributed by atoms with van der Waals surface area (Å²) < 4.78 is 5.69. The second kappa shape index (κ2) is 8.80. The van der Waals surface area contributed by atoms with Gasteiger partial charge >= 0.3 is 0 Å². The van der Waals surface area contributed by atoms with E-state index in [9.17, 15) is 9.59 Å². The maximum Gasteiger partial charge on any atom is 0.241 e. The minimum Gasteiger partial charge on any atom is -0.378 e. The number of halogens is 1. The largest absolute Gasteiger partial charge is 0.378 e. The van der Waals surface area contributed by atoms with E-state index in [1.54, 1.807) is 0 Å². The summed E-state index contributed by atoms with van der Waals surface area (Å²) in [6, 6.07) is 8.02. The summed E-state index contributed by atoms with van der Waals surface area (Å²) in [5.41, 5.74) is 7.24. The van der Waals surface area contributed by atoms with Crippen LogP contribution < -0.4 is 11.1 Å². The number of benzene rings is 1. The van der Waals surface area contributed by atoms with E-state index in [1.165, 1.54) is 0 Å². The van der Waals surface area contributed by atoms with Crippen LogP contribution in [0.15, 0.2) is 24.3 Å². The fourth-order valence-corrected chi connectivity index (χ4v) is 4.01. The van der Waals surface area contributed by atoms with Gasteiger partial charge in [0.05, 0.1) is 6.10 Å². The summed E-state index contributed by atoms with van der Waals surface area (Å²) in [4.78, 5) is 26.3. The molecule has 1 aliphatic carbocycles. The number of amides is 2. The standard InChI is InChI=1S/C21H31N3O3.ClH/c1-4-27-17-12-21(22,20(17,2)3)19(26)23-13-15-7-9-16(10-8-15)14-24-11-5-6-18(24)25;/h7-10,17H,4-6,11-14,22H2,1-3H3,(H,23,26);1H. The second-order valence-electron chi connectivity index (χ2n) is 8.26. The van der Waals surface area contributed by atoms with Crippen LogP contribution in [0.5, 0.6) is 0 Å². The zero-order valence-electron chi connectivity index (χ0n) is 17.0. The molecule has 1 heterocycles. The number of ether oxygens (including phenoxy) is 1. The lowest BCUT2D eigenvalue weighted by atomic mass is 9.54. The normalized spacial score (nSPS) is 25.8. The third-order valence-electron chi connectivity index (χ3n) is 6.26. The number of likely N-dealkylation sites (tertiary alicyclic amines) is 1. The Kier molecular flexibility index (Phi) is 7.12. The van der Waals surface area contributed by atoms with Crippen molar-refractivity contribution < 1.29 is 14.3 Å². The lowest BCUT2D eigenvalue weighted by Gasteiger charge is -2.57.